The molecule has 5 nitrogen and oxygen atoms in total. The van der Waals surface area contributed by atoms with Crippen LogP contribution in [0.15, 0.2) is 54.6 Å². The lowest BCUT2D eigenvalue weighted by atomic mass is 10.2. The Morgan fingerprint density at radius 1 is 1.00 bits per heavy atom. The zero-order valence-corrected chi connectivity index (χ0v) is 14.6. The summed E-state index contributed by atoms with van der Waals surface area (Å²) in [5, 5.41) is 0. The number of hydrogen-bond donors (Lipinski definition) is 0. The average molecular weight is 347 g/mol. The van der Waals surface area contributed by atoms with E-state index in [9.17, 15) is 13.2 Å². The highest BCUT2D eigenvalue weighted by atomic mass is 32.2. The van der Waals surface area contributed by atoms with E-state index in [-0.39, 0.29) is 18.1 Å². The van der Waals surface area contributed by atoms with Gasteiger partial charge in [-0.25, -0.2) is 8.42 Å². The highest BCUT2D eigenvalue weighted by Crippen LogP contribution is 2.21. The van der Waals surface area contributed by atoms with Crippen molar-refractivity contribution in [3.05, 3.63) is 60.2 Å². The minimum absolute atomic E-state index is 0.00450. The zero-order chi connectivity index (χ0) is 17.6. The number of para-hydroxylation sites is 1. The van der Waals surface area contributed by atoms with E-state index < -0.39 is 9.84 Å². The largest absolute Gasteiger partial charge is 0.457 e. The predicted molar refractivity (Wildman–Crippen MR) is 93.8 cm³/mol. The van der Waals surface area contributed by atoms with Gasteiger partial charge < -0.3 is 9.64 Å². The molecule has 2 aromatic carbocycles. The first-order valence-electron chi connectivity index (χ1n) is 7.57. The van der Waals surface area contributed by atoms with Crippen LogP contribution in [0.4, 0.5) is 0 Å². The van der Waals surface area contributed by atoms with Gasteiger partial charge in [-0.1, -0.05) is 30.3 Å². The third-order valence-corrected chi connectivity index (χ3v) is 4.38. The van der Waals surface area contributed by atoms with Crippen molar-refractivity contribution in [3.8, 4) is 11.5 Å². The van der Waals surface area contributed by atoms with Gasteiger partial charge in [0.1, 0.15) is 21.3 Å². The lowest BCUT2D eigenvalue weighted by Gasteiger charge is -2.17. The SMILES string of the molecule is CN(Cc1ccc(Oc2ccccc2)cc1)C(=O)CCS(C)(=O)=O. The van der Waals surface area contributed by atoms with Gasteiger partial charge in [-0.15, -0.1) is 0 Å². The molecule has 0 atom stereocenters. The van der Waals surface area contributed by atoms with E-state index in [1.165, 1.54) is 4.90 Å². The van der Waals surface area contributed by atoms with E-state index in [1.807, 2.05) is 54.6 Å². The molecule has 0 saturated carbocycles. The van der Waals surface area contributed by atoms with Gasteiger partial charge >= 0.3 is 0 Å². The molecule has 24 heavy (non-hydrogen) atoms. The summed E-state index contributed by atoms with van der Waals surface area (Å²) in [7, 11) is -1.46. The summed E-state index contributed by atoms with van der Waals surface area (Å²) in [6, 6.07) is 16.9. The number of hydrogen-bond acceptors (Lipinski definition) is 4. The van der Waals surface area contributed by atoms with Crippen molar-refractivity contribution in [2.24, 2.45) is 0 Å². The van der Waals surface area contributed by atoms with E-state index in [4.69, 9.17) is 4.74 Å². The van der Waals surface area contributed by atoms with Crippen LogP contribution in [-0.2, 0) is 21.2 Å². The van der Waals surface area contributed by atoms with Gasteiger partial charge in [0.2, 0.25) is 5.91 Å². The van der Waals surface area contributed by atoms with Crippen molar-refractivity contribution >= 4 is 15.7 Å². The summed E-state index contributed by atoms with van der Waals surface area (Å²) in [5.74, 6) is 1.17. The molecule has 0 fully saturated rings. The van der Waals surface area contributed by atoms with Crippen molar-refractivity contribution in [1.82, 2.24) is 4.90 Å². The topological polar surface area (TPSA) is 63.7 Å². The highest BCUT2D eigenvalue weighted by molar-refractivity contribution is 7.90. The van der Waals surface area contributed by atoms with Crippen LogP contribution in [0, 0.1) is 0 Å². The summed E-state index contributed by atoms with van der Waals surface area (Å²) < 4.78 is 28.0. The van der Waals surface area contributed by atoms with Crippen molar-refractivity contribution < 1.29 is 17.9 Å². The van der Waals surface area contributed by atoms with Gasteiger partial charge in [-0.3, -0.25) is 4.79 Å². The number of carbonyl (C=O) groups is 1. The molecule has 0 aliphatic heterocycles. The normalized spacial score (nSPS) is 11.1. The summed E-state index contributed by atoms with van der Waals surface area (Å²) in [4.78, 5) is 13.5. The number of sulfone groups is 1. The van der Waals surface area contributed by atoms with Crippen molar-refractivity contribution in [1.29, 1.82) is 0 Å². The van der Waals surface area contributed by atoms with Crippen LogP contribution < -0.4 is 4.74 Å². The molecule has 0 aliphatic rings. The first-order chi connectivity index (χ1) is 11.3. The van der Waals surface area contributed by atoms with Crippen LogP contribution in [0.5, 0.6) is 11.5 Å². The van der Waals surface area contributed by atoms with Gasteiger partial charge in [0.05, 0.1) is 5.75 Å². The van der Waals surface area contributed by atoms with Crippen LogP contribution in [0.3, 0.4) is 0 Å². The molecule has 0 radical (unpaired) electrons. The number of amides is 1. The fourth-order valence-corrected chi connectivity index (χ4v) is 2.66. The molecule has 128 valence electrons. The molecule has 2 rings (SSSR count). The van der Waals surface area contributed by atoms with E-state index in [1.54, 1.807) is 7.05 Å². The third kappa shape index (κ3) is 6.04. The van der Waals surface area contributed by atoms with Gasteiger partial charge in [-0.2, -0.15) is 0 Å². The minimum Gasteiger partial charge on any atom is -0.457 e. The van der Waals surface area contributed by atoms with Crippen molar-refractivity contribution in [2.75, 3.05) is 19.1 Å². The lowest BCUT2D eigenvalue weighted by Crippen LogP contribution is -2.27. The Hall–Kier alpha value is -2.34. The van der Waals surface area contributed by atoms with Crippen molar-refractivity contribution in [3.63, 3.8) is 0 Å². The maximum atomic E-state index is 11.9. The Morgan fingerprint density at radius 2 is 1.58 bits per heavy atom. The quantitative estimate of drug-likeness (QED) is 0.772. The van der Waals surface area contributed by atoms with Gasteiger partial charge in [-0.05, 0) is 29.8 Å². The second-order valence-electron chi connectivity index (χ2n) is 5.69. The zero-order valence-electron chi connectivity index (χ0n) is 13.8. The third-order valence-electron chi connectivity index (χ3n) is 3.43. The first-order valence-corrected chi connectivity index (χ1v) is 9.63. The van der Waals surface area contributed by atoms with Crippen LogP contribution in [0.2, 0.25) is 0 Å². The number of ether oxygens (including phenoxy) is 1. The fourth-order valence-electron chi connectivity index (χ4n) is 2.11. The van der Waals surface area contributed by atoms with E-state index in [0.717, 1.165) is 23.3 Å². The van der Waals surface area contributed by atoms with Crippen LogP contribution in [-0.4, -0.2) is 38.3 Å². The standard InChI is InChI=1S/C18H21NO4S/c1-19(18(20)12-13-24(2,21)22)14-15-8-10-17(11-9-15)23-16-6-4-3-5-7-16/h3-11H,12-14H2,1-2H3. The molecule has 0 aliphatic carbocycles. The Bertz CT molecular complexity index is 770. The van der Waals surface area contributed by atoms with Gasteiger partial charge in [0, 0.05) is 26.3 Å². The molecular weight excluding hydrogens is 326 g/mol. The monoisotopic (exact) mass is 347 g/mol. The van der Waals surface area contributed by atoms with E-state index >= 15 is 0 Å². The van der Waals surface area contributed by atoms with Gasteiger partial charge in [0.15, 0.2) is 0 Å². The molecule has 0 unspecified atom stereocenters. The van der Waals surface area contributed by atoms with E-state index in [2.05, 4.69) is 0 Å². The summed E-state index contributed by atoms with van der Waals surface area (Å²) in [6.45, 7) is 0.425. The second-order valence-corrected chi connectivity index (χ2v) is 7.95. The molecule has 0 saturated heterocycles. The Kier molecular flexibility index (Phi) is 5.98. The Labute approximate surface area is 142 Å². The fraction of sp³-hybridized carbons (Fsp3) is 0.278. The Balaban J connectivity index is 1.90. The first kappa shape index (κ1) is 18.0. The summed E-state index contributed by atoms with van der Waals surface area (Å²) in [5.41, 5.74) is 0.950. The molecular formula is C18H21NO4S. The number of benzene rings is 2. The molecule has 0 aromatic heterocycles. The molecule has 0 N–H and O–H groups in total. The molecule has 0 bridgehead atoms. The molecule has 2 aromatic rings. The summed E-state index contributed by atoms with van der Waals surface area (Å²) >= 11 is 0. The van der Waals surface area contributed by atoms with Crippen LogP contribution >= 0.6 is 0 Å². The minimum atomic E-state index is -3.12. The summed E-state index contributed by atoms with van der Waals surface area (Å²) in [6.07, 6.45) is 1.14. The van der Waals surface area contributed by atoms with Crippen molar-refractivity contribution in [2.45, 2.75) is 13.0 Å². The molecule has 1 amide bonds. The lowest BCUT2D eigenvalue weighted by molar-refractivity contribution is -0.130. The maximum absolute atomic E-state index is 11.9. The van der Waals surface area contributed by atoms with E-state index in [0.29, 0.717) is 6.54 Å². The number of rotatable bonds is 7. The Morgan fingerprint density at radius 3 is 2.17 bits per heavy atom. The molecule has 0 heterocycles. The number of nitrogens with zero attached hydrogens (tertiary/aromatic N) is 1. The average Bonchev–Trinajstić information content (AvgIpc) is 2.54. The number of carbonyl (C=O) groups excluding carboxylic acids is 1. The highest BCUT2D eigenvalue weighted by Gasteiger charge is 2.12. The maximum Gasteiger partial charge on any atom is 0.223 e. The van der Waals surface area contributed by atoms with Crippen LogP contribution in [0.25, 0.3) is 0 Å². The molecule has 0 spiro atoms. The van der Waals surface area contributed by atoms with Crippen LogP contribution in [0.1, 0.15) is 12.0 Å². The smallest absolute Gasteiger partial charge is 0.223 e. The van der Waals surface area contributed by atoms with Gasteiger partial charge in [0.25, 0.3) is 0 Å². The molecule has 6 heteroatoms. The predicted octanol–water partition coefficient (Wildman–Crippen LogP) is 2.87. The second kappa shape index (κ2) is 7.97.